The summed E-state index contributed by atoms with van der Waals surface area (Å²) in [7, 11) is 0. The average molecular weight is 367 g/mol. The van der Waals surface area contributed by atoms with E-state index in [0.29, 0.717) is 17.1 Å². The number of amides is 1. The van der Waals surface area contributed by atoms with Crippen LogP contribution in [0.25, 0.3) is 22.8 Å². The van der Waals surface area contributed by atoms with Crippen molar-refractivity contribution in [2.75, 3.05) is 0 Å². The fraction of sp³-hybridized carbons (Fsp3) is 0.0833. The summed E-state index contributed by atoms with van der Waals surface area (Å²) in [5.41, 5.74) is 6.32. The highest BCUT2D eigenvalue weighted by atomic mass is 16.1. The quantitative estimate of drug-likeness (QED) is 0.527. The van der Waals surface area contributed by atoms with Crippen LogP contribution in [0.4, 0.5) is 0 Å². The van der Waals surface area contributed by atoms with Gasteiger partial charge in [-0.1, -0.05) is 59.7 Å². The van der Waals surface area contributed by atoms with Crippen molar-refractivity contribution in [2.45, 2.75) is 13.8 Å². The van der Waals surface area contributed by atoms with Crippen molar-refractivity contribution in [3.05, 3.63) is 101 Å². The third kappa shape index (κ3) is 3.86. The highest BCUT2D eigenvalue weighted by molar-refractivity contribution is 6.01. The van der Waals surface area contributed by atoms with Crippen LogP contribution in [-0.4, -0.2) is 15.9 Å². The van der Waals surface area contributed by atoms with Crippen molar-refractivity contribution in [3.63, 3.8) is 0 Å². The number of hydrogen-bond acceptors (Lipinski definition) is 2. The first-order valence-corrected chi connectivity index (χ1v) is 9.20. The molecule has 0 saturated carbocycles. The number of imidazole rings is 1. The Hall–Kier alpha value is -3.66. The number of aromatic amines is 1. The summed E-state index contributed by atoms with van der Waals surface area (Å²) in [5, 5.41) is 3.02. The molecule has 28 heavy (non-hydrogen) atoms. The SMILES string of the molecule is Cc1ccc(/C=C(\NC(=O)c2ccc(C)cc2)c2nc3ccccc3[nH]2)cc1. The van der Waals surface area contributed by atoms with Crippen molar-refractivity contribution in [1.82, 2.24) is 15.3 Å². The van der Waals surface area contributed by atoms with Crippen LogP contribution in [0, 0.1) is 13.8 Å². The minimum Gasteiger partial charge on any atom is -0.337 e. The first-order valence-electron chi connectivity index (χ1n) is 9.20. The summed E-state index contributed by atoms with van der Waals surface area (Å²) in [6, 6.07) is 23.5. The third-order valence-corrected chi connectivity index (χ3v) is 4.59. The lowest BCUT2D eigenvalue weighted by molar-refractivity contribution is 0.0973. The first kappa shape index (κ1) is 17.7. The molecule has 4 heteroatoms. The number of carbonyl (C=O) groups excluding carboxylic acids is 1. The Morgan fingerprint density at radius 2 is 1.54 bits per heavy atom. The normalized spacial score (nSPS) is 11.6. The molecule has 4 rings (SSSR count). The zero-order valence-corrected chi connectivity index (χ0v) is 15.9. The highest BCUT2D eigenvalue weighted by Gasteiger charge is 2.13. The summed E-state index contributed by atoms with van der Waals surface area (Å²) >= 11 is 0. The number of nitrogens with zero attached hydrogens (tertiary/aromatic N) is 1. The van der Waals surface area contributed by atoms with Crippen LogP contribution in [0.15, 0.2) is 72.8 Å². The molecule has 0 atom stereocenters. The number of carbonyl (C=O) groups is 1. The smallest absolute Gasteiger partial charge is 0.255 e. The van der Waals surface area contributed by atoms with E-state index in [1.165, 1.54) is 5.56 Å². The molecule has 3 aromatic carbocycles. The van der Waals surface area contributed by atoms with Gasteiger partial charge in [0.05, 0.1) is 16.7 Å². The van der Waals surface area contributed by atoms with E-state index < -0.39 is 0 Å². The number of para-hydroxylation sites is 2. The molecule has 1 heterocycles. The molecule has 4 nitrogen and oxygen atoms in total. The second kappa shape index (κ2) is 7.53. The van der Waals surface area contributed by atoms with Gasteiger partial charge in [0.1, 0.15) is 0 Å². The molecular formula is C24H21N3O. The standard InChI is InChI=1S/C24H21N3O/c1-16-7-11-18(12-8-16)15-22(23-25-20-5-3-4-6-21(20)26-23)27-24(28)19-13-9-17(2)10-14-19/h3-15H,1-2H3,(H,25,26)(H,27,28)/b22-15-. The van der Waals surface area contributed by atoms with Crippen LogP contribution >= 0.6 is 0 Å². The summed E-state index contributed by atoms with van der Waals surface area (Å²) in [5.74, 6) is 0.459. The van der Waals surface area contributed by atoms with E-state index in [1.807, 2.05) is 92.7 Å². The molecule has 0 unspecified atom stereocenters. The highest BCUT2D eigenvalue weighted by Crippen LogP contribution is 2.19. The van der Waals surface area contributed by atoms with Crippen molar-refractivity contribution in [2.24, 2.45) is 0 Å². The van der Waals surface area contributed by atoms with E-state index >= 15 is 0 Å². The molecule has 2 N–H and O–H groups in total. The summed E-state index contributed by atoms with van der Waals surface area (Å²) in [4.78, 5) is 20.8. The molecule has 0 fully saturated rings. The lowest BCUT2D eigenvalue weighted by atomic mass is 10.1. The molecule has 1 aromatic heterocycles. The number of rotatable bonds is 4. The lowest BCUT2D eigenvalue weighted by Gasteiger charge is -2.09. The van der Waals surface area contributed by atoms with Gasteiger partial charge >= 0.3 is 0 Å². The van der Waals surface area contributed by atoms with Crippen LogP contribution in [0.1, 0.15) is 32.9 Å². The van der Waals surface area contributed by atoms with Gasteiger partial charge in [-0.2, -0.15) is 0 Å². The van der Waals surface area contributed by atoms with Gasteiger partial charge in [0.2, 0.25) is 0 Å². The summed E-state index contributed by atoms with van der Waals surface area (Å²) < 4.78 is 0. The maximum absolute atomic E-state index is 12.8. The van der Waals surface area contributed by atoms with E-state index in [9.17, 15) is 4.79 Å². The Kier molecular flexibility index (Phi) is 4.77. The molecule has 4 aromatic rings. The predicted molar refractivity (Wildman–Crippen MR) is 114 cm³/mol. The number of hydrogen-bond donors (Lipinski definition) is 2. The van der Waals surface area contributed by atoms with E-state index in [1.54, 1.807) is 0 Å². The predicted octanol–water partition coefficient (Wildman–Crippen LogP) is 5.11. The number of nitrogens with one attached hydrogen (secondary N) is 2. The number of H-pyrrole nitrogens is 1. The second-order valence-electron chi connectivity index (χ2n) is 6.89. The van der Waals surface area contributed by atoms with E-state index in [2.05, 4.69) is 15.3 Å². The Morgan fingerprint density at radius 3 is 2.21 bits per heavy atom. The van der Waals surface area contributed by atoms with Gasteiger partial charge in [0, 0.05) is 5.56 Å². The number of aromatic nitrogens is 2. The number of fused-ring (bicyclic) bond motifs is 1. The van der Waals surface area contributed by atoms with Gasteiger partial charge < -0.3 is 10.3 Å². The van der Waals surface area contributed by atoms with Crippen molar-refractivity contribution >= 4 is 28.7 Å². The van der Waals surface area contributed by atoms with Crippen LogP contribution in [0.2, 0.25) is 0 Å². The van der Waals surface area contributed by atoms with E-state index in [4.69, 9.17) is 0 Å². The molecule has 0 aliphatic carbocycles. The van der Waals surface area contributed by atoms with Gasteiger partial charge in [-0.3, -0.25) is 4.79 Å². The molecule has 0 bridgehead atoms. The van der Waals surface area contributed by atoms with Crippen molar-refractivity contribution in [1.29, 1.82) is 0 Å². The number of benzene rings is 3. The van der Waals surface area contributed by atoms with Gasteiger partial charge in [-0.25, -0.2) is 4.98 Å². The van der Waals surface area contributed by atoms with E-state index in [-0.39, 0.29) is 5.91 Å². The second-order valence-corrected chi connectivity index (χ2v) is 6.89. The molecule has 0 radical (unpaired) electrons. The Labute approximate surface area is 164 Å². The van der Waals surface area contributed by atoms with Gasteiger partial charge in [0.15, 0.2) is 5.82 Å². The van der Waals surface area contributed by atoms with E-state index in [0.717, 1.165) is 22.2 Å². The maximum Gasteiger partial charge on any atom is 0.255 e. The summed E-state index contributed by atoms with van der Waals surface area (Å²) in [6.45, 7) is 4.05. The molecule has 138 valence electrons. The van der Waals surface area contributed by atoms with Gasteiger partial charge in [-0.05, 0) is 49.8 Å². The molecule has 0 saturated heterocycles. The topological polar surface area (TPSA) is 57.8 Å². The Morgan fingerprint density at radius 1 is 0.893 bits per heavy atom. The molecule has 1 amide bonds. The molecule has 0 aliphatic rings. The zero-order valence-electron chi connectivity index (χ0n) is 15.9. The molecule has 0 spiro atoms. The zero-order chi connectivity index (χ0) is 19.5. The average Bonchev–Trinajstić information content (AvgIpc) is 3.14. The Bertz CT molecular complexity index is 1120. The molecular weight excluding hydrogens is 346 g/mol. The largest absolute Gasteiger partial charge is 0.337 e. The van der Waals surface area contributed by atoms with Gasteiger partial charge in [-0.15, -0.1) is 0 Å². The first-order chi connectivity index (χ1) is 13.6. The Balaban J connectivity index is 1.73. The fourth-order valence-corrected chi connectivity index (χ4v) is 2.97. The fourth-order valence-electron chi connectivity index (χ4n) is 2.97. The summed E-state index contributed by atoms with van der Waals surface area (Å²) in [6.07, 6.45) is 1.93. The monoisotopic (exact) mass is 367 g/mol. The molecule has 0 aliphatic heterocycles. The minimum atomic E-state index is -0.168. The maximum atomic E-state index is 12.8. The van der Waals surface area contributed by atoms with Crippen LogP contribution in [0.5, 0.6) is 0 Å². The third-order valence-electron chi connectivity index (χ3n) is 4.59. The van der Waals surface area contributed by atoms with Crippen LogP contribution in [0.3, 0.4) is 0 Å². The van der Waals surface area contributed by atoms with Crippen LogP contribution in [-0.2, 0) is 0 Å². The minimum absolute atomic E-state index is 0.168. The van der Waals surface area contributed by atoms with Crippen molar-refractivity contribution in [3.8, 4) is 0 Å². The van der Waals surface area contributed by atoms with Gasteiger partial charge in [0.25, 0.3) is 5.91 Å². The lowest BCUT2D eigenvalue weighted by Crippen LogP contribution is -2.22. The number of aryl methyl sites for hydroxylation is 2. The van der Waals surface area contributed by atoms with Crippen molar-refractivity contribution < 1.29 is 4.79 Å². The van der Waals surface area contributed by atoms with Crippen LogP contribution < -0.4 is 5.32 Å².